The average molecular weight is 358 g/mol. The van der Waals surface area contributed by atoms with Crippen molar-refractivity contribution in [3.8, 4) is 0 Å². The Morgan fingerprint density at radius 2 is 2.08 bits per heavy atom. The molecular weight excluding hydrogens is 341 g/mol. The third kappa shape index (κ3) is 4.47. The van der Waals surface area contributed by atoms with Crippen LogP contribution < -0.4 is 11.0 Å². The summed E-state index contributed by atoms with van der Waals surface area (Å²) in [6.07, 6.45) is -5.83. The van der Waals surface area contributed by atoms with Gasteiger partial charge >= 0.3 is 11.9 Å². The van der Waals surface area contributed by atoms with Crippen molar-refractivity contribution in [1.29, 1.82) is 0 Å². The monoisotopic (exact) mass is 358 g/mol. The van der Waals surface area contributed by atoms with Gasteiger partial charge in [0.15, 0.2) is 0 Å². The second-order valence-electron chi connectivity index (χ2n) is 5.49. The maximum Gasteiger partial charge on any atom is 0.416 e. The second-order valence-corrected chi connectivity index (χ2v) is 5.49. The van der Waals surface area contributed by atoms with E-state index >= 15 is 0 Å². The van der Waals surface area contributed by atoms with Gasteiger partial charge in [-0.15, -0.1) is 0 Å². The molecule has 0 spiro atoms. The van der Waals surface area contributed by atoms with Crippen LogP contribution >= 0.6 is 0 Å². The summed E-state index contributed by atoms with van der Waals surface area (Å²) in [5.41, 5.74) is -1.32. The van der Waals surface area contributed by atoms with Crippen molar-refractivity contribution in [3.05, 3.63) is 51.7 Å². The Morgan fingerprint density at radius 3 is 2.64 bits per heavy atom. The first-order valence-corrected chi connectivity index (χ1v) is 7.32. The first-order chi connectivity index (χ1) is 11.6. The Kier molecular flexibility index (Phi) is 5.31. The summed E-state index contributed by atoms with van der Waals surface area (Å²) in [6.45, 7) is 0.962. The summed E-state index contributed by atoms with van der Waals surface area (Å²) in [7, 11) is 1.51. The predicted molar refractivity (Wildman–Crippen MR) is 81.6 cm³/mol. The van der Waals surface area contributed by atoms with Crippen LogP contribution in [-0.4, -0.2) is 31.9 Å². The van der Waals surface area contributed by atoms with Gasteiger partial charge in [0, 0.05) is 13.6 Å². The smallest absolute Gasteiger partial charge is 0.387 e. The summed E-state index contributed by atoms with van der Waals surface area (Å²) in [4.78, 5) is 23.6. The van der Waals surface area contributed by atoms with Gasteiger partial charge in [0.2, 0.25) is 5.91 Å². The van der Waals surface area contributed by atoms with Crippen molar-refractivity contribution in [2.24, 2.45) is 7.05 Å². The minimum absolute atomic E-state index is 0.0287. The van der Waals surface area contributed by atoms with Gasteiger partial charge in [0.05, 0.1) is 11.7 Å². The highest BCUT2D eigenvalue weighted by Gasteiger charge is 2.30. The zero-order valence-electron chi connectivity index (χ0n) is 13.5. The number of hydrogen-bond acceptors (Lipinski definition) is 4. The maximum atomic E-state index is 12.7. The van der Waals surface area contributed by atoms with Crippen molar-refractivity contribution in [1.82, 2.24) is 19.7 Å². The summed E-state index contributed by atoms with van der Waals surface area (Å²) < 4.78 is 40.2. The van der Waals surface area contributed by atoms with Crippen LogP contribution in [0.25, 0.3) is 0 Å². The predicted octanol–water partition coefficient (Wildman–Crippen LogP) is 0.759. The van der Waals surface area contributed by atoms with Crippen LogP contribution in [-0.2, 0) is 24.6 Å². The Hall–Kier alpha value is -2.62. The highest BCUT2D eigenvalue weighted by molar-refractivity contribution is 5.75. The van der Waals surface area contributed by atoms with Crippen LogP contribution in [0.5, 0.6) is 0 Å². The van der Waals surface area contributed by atoms with Gasteiger partial charge in [0.1, 0.15) is 12.4 Å². The lowest BCUT2D eigenvalue weighted by molar-refractivity contribution is -0.137. The quantitative estimate of drug-likeness (QED) is 0.826. The largest absolute Gasteiger partial charge is 0.416 e. The third-order valence-electron chi connectivity index (χ3n) is 3.64. The Balaban J connectivity index is 1.97. The second kappa shape index (κ2) is 7.09. The molecule has 0 saturated heterocycles. The van der Waals surface area contributed by atoms with Crippen LogP contribution in [0.4, 0.5) is 13.2 Å². The lowest BCUT2D eigenvalue weighted by Gasteiger charge is -2.14. The molecule has 2 N–H and O–H groups in total. The lowest BCUT2D eigenvalue weighted by atomic mass is 10.1. The Labute approximate surface area is 140 Å². The van der Waals surface area contributed by atoms with Gasteiger partial charge in [0.25, 0.3) is 0 Å². The first-order valence-electron chi connectivity index (χ1n) is 7.32. The van der Waals surface area contributed by atoms with Gasteiger partial charge in [-0.05, 0) is 24.6 Å². The summed E-state index contributed by atoms with van der Waals surface area (Å²) in [5.74, 6) is -0.159. The third-order valence-corrected chi connectivity index (χ3v) is 3.64. The molecule has 0 aliphatic heterocycles. The van der Waals surface area contributed by atoms with E-state index in [4.69, 9.17) is 0 Å². The average Bonchev–Trinajstić information content (AvgIpc) is 2.79. The number of benzene rings is 1. The molecule has 136 valence electrons. The molecule has 7 nitrogen and oxygen atoms in total. The summed E-state index contributed by atoms with van der Waals surface area (Å²) >= 11 is 0. The van der Waals surface area contributed by atoms with E-state index in [1.54, 1.807) is 6.92 Å². The zero-order chi connectivity index (χ0) is 18.8. The van der Waals surface area contributed by atoms with Crippen LogP contribution in [0, 0.1) is 6.92 Å². The van der Waals surface area contributed by atoms with Crippen molar-refractivity contribution in [2.75, 3.05) is 6.54 Å². The highest BCUT2D eigenvalue weighted by atomic mass is 19.4. The molecule has 10 heteroatoms. The van der Waals surface area contributed by atoms with E-state index in [0.717, 1.165) is 16.8 Å². The molecule has 0 aliphatic rings. The number of carbonyl (C=O) groups excluding carboxylic acids is 1. The van der Waals surface area contributed by atoms with E-state index in [1.807, 2.05) is 0 Å². The summed E-state index contributed by atoms with van der Waals surface area (Å²) in [5, 5.41) is 16.2. The molecule has 1 atom stereocenters. The number of nitrogens with one attached hydrogen (secondary N) is 1. The normalized spacial score (nSPS) is 12.9. The van der Waals surface area contributed by atoms with E-state index in [1.165, 1.54) is 23.7 Å². The molecule has 1 unspecified atom stereocenters. The van der Waals surface area contributed by atoms with Gasteiger partial charge in [-0.3, -0.25) is 9.36 Å². The Morgan fingerprint density at radius 1 is 1.40 bits per heavy atom. The molecule has 0 radical (unpaired) electrons. The Bertz CT molecular complexity index is 826. The molecule has 1 aromatic carbocycles. The lowest BCUT2D eigenvalue weighted by Crippen LogP contribution is -2.35. The number of alkyl halides is 3. The molecule has 1 aromatic heterocycles. The topological polar surface area (TPSA) is 89.2 Å². The van der Waals surface area contributed by atoms with Crippen molar-refractivity contribution >= 4 is 5.91 Å². The number of halogens is 3. The van der Waals surface area contributed by atoms with E-state index in [9.17, 15) is 27.9 Å². The molecule has 25 heavy (non-hydrogen) atoms. The summed E-state index contributed by atoms with van der Waals surface area (Å²) in [6, 6.07) is 4.23. The van der Waals surface area contributed by atoms with E-state index in [0.29, 0.717) is 5.82 Å². The number of hydrogen-bond donors (Lipinski definition) is 2. The highest BCUT2D eigenvalue weighted by Crippen LogP contribution is 2.30. The van der Waals surface area contributed by atoms with E-state index in [-0.39, 0.29) is 18.7 Å². The van der Waals surface area contributed by atoms with E-state index in [2.05, 4.69) is 10.4 Å². The molecule has 0 aliphatic carbocycles. The number of nitrogens with zero attached hydrogens (tertiary/aromatic N) is 3. The van der Waals surface area contributed by atoms with Gasteiger partial charge in [-0.2, -0.15) is 18.3 Å². The SMILES string of the molecule is Cc1nn(CC(=O)NCC(O)c2cccc(C(F)(F)F)c2)c(=O)n1C. The van der Waals surface area contributed by atoms with Crippen LogP contribution in [0.2, 0.25) is 0 Å². The van der Waals surface area contributed by atoms with Crippen LogP contribution in [0.3, 0.4) is 0 Å². The number of aliphatic hydroxyl groups excluding tert-OH is 1. The number of aliphatic hydroxyl groups is 1. The molecule has 1 heterocycles. The van der Waals surface area contributed by atoms with Gasteiger partial charge in [-0.25, -0.2) is 9.48 Å². The molecule has 2 aromatic rings. The fourth-order valence-corrected chi connectivity index (χ4v) is 2.14. The minimum atomic E-state index is -4.52. The van der Waals surface area contributed by atoms with Crippen molar-refractivity contribution in [3.63, 3.8) is 0 Å². The molecular formula is C15H17F3N4O3. The van der Waals surface area contributed by atoms with Crippen molar-refractivity contribution in [2.45, 2.75) is 25.7 Å². The number of aromatic nitrogens is 3. The van der Waals surface area contributed by atoms with Crippen LogP contribution in [0.1, 0.15) is 23.1 Å². The molecule has 2 rings (SSSR count). The number of amides is 1. The van der Waals surface area contributed by atoms with Gasteiger partial charge < -0.3 is 10.4 Å². The van der Waals surface area contributed by atoms with Crippen molar-refractivity contribution < 1.29 is 23.1 Å². The fraction of sp³-hybridized carbons (Fsp3) is 0.400. The number of rotatable bonds is 5. The van der Waals surface area contributed by atoms with Crippen LogP contribution in [0.15, 0.2) is 29.1 Å². The number of carbonyl (C=O) groups is 1. The standard InChI is InChI=1S/C15H17F3N4O3/c1-9-20-22(14(25)21(9)2)8-13(24)19-7-12(23)10-4-3-5-11(6-10)15(16,17)18/h3-6,12,23H,7-8H2,1-2H3,(H,19,24). The zero-order valence-corrected chi connectivity index (χ0v) is 13.5. The molecule has 1 amide bonds. The number of aryl methyl sites for hydroxylation is 1. The maximum absolute atomic E-state index is 12.7. The molecule has 0 fully saturated rings. The van der Waals surface area contributed by atoms with E-state index < -0.39 is 29.4 Å². The first kappa shape index (κ1) is 18.7. The fourth-order valence-electron chi connectivity index (χ4n) is 2.14. The van der Waals surface area contributed by atoms with Gasteiger partial charge in [-0.1, -0.05) is 12.1 Å². The molecule has 0 bridgehead atoms. The minimum Gasteiger partial charge on any atom is -0.387 e. The molecule has 0 saturated carbocycles.